The highest BCUT2D eigenvalue weighted by Crippen LogP contribution is 2.21. The molecule has 5 nitrogen and oxygen atoms in total. The summed E-state index contributed by atoms with van der Waals surface area (Å²) < 4.78 is 5.62. The van der Waals surface area contributed by atoms with Gasteiger partial charge in [0.25, 0.3) is 0 Å². The number of benzene rings is 1. The molecule has 0 radical (unpaired) electrons. The lowest BCUT2D eigenvalue weighted by Crippen LogP contribution is -2.43. The van der Waals surface area contributed by atoms with Crippen molar-refractivity contribution in [3.05, 3.63) is 24.3 Å². The van der Waals surface area contributed by atoms with Gasteiger partial charge in [-0.15, -0.1) is 0 Å². The number of carbonyl (C=O) groups is 2. The lowest BCUT2D eigenvalue weighted by Gasteiger charge is -2.23. The Labute approximate surface area is 150 Å². The minimum atomic E-state index is -0.145. The van der Waals surface area contributed by atoms with Crippen molar-refractivity contribution in [1.29, 1.82) is 0 Å². The van der Waals surface area contributed by atoms with Crippen LogP contribution in [0.5, 0.6) is 5.75 Å². The summed E-state index contributed by atoms with van der Waals surface area (Å²) in [4.78, 5) is 25.9. The molecule has 1 aromatic rings. The smallest absolute Gasteiger partial charge is 0.240 e. The maximum absolute atomic E-state index is 12.4. The van der Waals surface area contributed by atoms with Crippen molar-refractivity contribution in [2.24, 2.45) is 0 Å². The van der Waals surface area contributed by atoms with Gasteiger partial charge in [0.2, 0.25) is 11.8 Å². The number of carbonyl (C=O) groups excluding carboxylic acids is 2. The molecule has 0 unspecified atom stereocenters. The first-order chi connectivity index (χ1) is 12.0. The summed E-state index contributed by atoms with van der Waals surface area (Å²) in [5.74, 6) is 0.517. The molecular weight excluding hydrogens is 316 g/mol. The normalized spacial score (nSPS) is 15.5. The molecule has 2 amide bonds. The molecule has 1 aromatic carbocycles. The molecular formula is C20H30N2O3. The quantitative estimate of drug-likeness (QED) is 0.800. The van der Waals surface area contributed by atoms with Crippen LogP contribution in [0.15, 0.2) is 24.3 Å². The van der Waals surface area contributed by atoms with Crippen LogP contribution in [0.3, 0.4) is 0 Å². The number of nitrogens with zero attached hydrogens (tertiary/aromatic N) is 1. The van der Waals surface area contributed by atoms with E-state index in [1.54, 1.807) is 0 Å². The molecule has 5 heteroatoms. The topological polar surface area (TPSA) is 58.6 Å². The van der Waals surface area contributed by atoms with Crippen molar-refractivity contribution >= 4 is 17.5 Å². The fraction of sp³-hybridized carbons (Fsp3) is 0.600. The van der Waals surface area contributed by atoms with Crippen LogP contribution in [0.4, 0.5) is 5.69 Å². The van der Waals surface area contributed by atoms with Crippen LogP contribution in [0.2, 0.25) is 0 Å². The molecule has 0 heterocycles. The van der Waals surface area contributed by atoms with E-state index in [-0.39, 0.29) is 30.5 Å². The monoisotopic (exact) mass is 346 g/mol. The van der Waals surface area contributed by atoms with Gasteiger partial charge < -0.3 is 15.0 Å². The summed E-state index contributed by atoms with van der Waals surface area (Å²) in [7, 11) is 0. The molecule has 0 bridgehead atoms. The molecule has 0 aliphatic heterocycles. The average molecular weight is 346 g/mol. The van der Waals surface area contributed by atoms with Crippen LogP contribution in [-0.4, -0.2) is 30.5 Å². The standard InChI is InChI=1S/C20H30N2O3/c1-15(2)25-19-12-10-18(11-13-19)22(16(3)23)14-20(24)21-17-8-6-4-5-7-9-17/h10-13,15,17H,4-9,14H2,1-3H3,(H,21,24). The number of rotatable bonds is 6. The Morgan fingerprint density at radius 2 is 1.72 bits per heavy atom. The molecule has 1 fully saturated rings. The fourth-order valence-electron chi connectivity index (χ4n) is 3.20. The van der Waals surface area contributed by atoms with Crippen molar-refractivity contribution < 1.29 is 14.3 Å². The predicted molar refractivity (Wildman–Crippen MR) is 99.9 cm³/mol. The Hall–Kier alpha value is -2.04. The molecule has 25 heavy (non-hydrogen) atoms. The van der Waals surface area contributed by atoms with Gasteiger partial charge in [-0.1, -0.05) is 25.7 Å². The molecule has 1 N–H and O–H groups in total. The van der Waals surface area contributed by atoms with Gasteiger partial charge in [0.1, 0.15) is 12.3 Å². The Bertz CT molecular complexity index is 561. The summed E-state index contributed by atoms with van der Waals surface area (Å²) >= 11 is 0. The van der Waals surface area contributed by atoms with Crippen LogP contribution >= 0.6 is 0 Å². The Morgan fingerprint density at radius 3 is 2.24 bits per heavy atom. The van der Waals surface area contributed by atoms with E-state index in [1.807, 2.05) is 38.1 Å². The third-order valence-corrected chi connectivity index (χ3v) is 4.42. The highest BCUT2D eigenvalue weighted by molar-refractivity contribution is 5.97. The maximum atomic E-state index is 12.4. The predicted octanol–water partition coefficient (Wildman–Crippen LogP) is 3.67. The van der Waals surface area contributed by atoms with Gasteiger partial charge >= 0.3 is 0 Å². The Morgan fingerprint density at radius 1 is 1.12 bits per heavy atom. The van der Waals surface area contributed by atoms with Crippen molar-refractivity contribution in [3.63, 3.8) is 0 Å². The van der Waals surface area contributed by atoms with Gasteiger partial charge in [-0.3, -0.25) is 9.59 Å². The lowest BCUT2D eigenvalue weighted by atomic mass is 10.1. The van der Waals surface area contributed by atoms with Gasteiger partial charge in [-0.05, 0) is 51.0 Å². The van der Waals surface area contributed by atoms with Crippen molar-refractivity contribution in [1.82, 2.24) is 5.32 Å². The number of hydrogen-bond donors (Lipinski definition) is 1. The maximum Gasteiger partial charge on any atom is 0.240 e. The summed E-state index contributed by atoms with van der Waals surface area (Å²) in [5.41, 5.74) is 0.708. The van der Waals surface area contributed by atoms with Crippen LogP contribution in [-0.2, 0) is 9.59 Å². The third kappa shape index (κ3) is 6.40. The molecule has 2 rings (SSSR count). The highest BCUT2D eigenvalue weighted by atomic mass is 16.5. The van der Waals surface area contributed by atoms with Gasteiger partial charge in [-0.2, -0.15) is 0 Å². The second-order valence-corrected chi connectivity index (χ2v) is 7.02. The number of amides is 2. The second kappa shape index (κ2) is 9.44. The molecule has 0 atom stereocenters. The molecule has 1 saturated carbocycles. The lowest BCUT2D eigenvalue weighted by molar-refractivity contribution is -0.123. The minimum Gasteiger partial charge on any atom is -0.491 e. The fourth-order valence-corrected chi connectivity index (χ4v) is 3.20. The van der Waals surface area contributed by atoms with Crippen LogP contribution in [0, 0.1) is 0 Å². The molecule has 0 aromatic heterocycles. The van der Waals surface area contributed by atoms with E-state index < -0.39 is 0 Å². The summed E-state index contributed by atoms with van der Waals surface area (Å²) in [5, 5.41) is 3.09. The minimum absolute atomic E-state index is 0.0518. The molecule has 1 aliphatic carbocycles. The highest BCUT2D eigenvalue weighted by Gasteiger charge is 2.19. The third-order valence-electron chi connectivity index (χ3n) is 4.42. The second-order valence-electron chi connectivity index (χ2n) is 7.02. The molecule has 0 saturated heterocycles. The number of nitrogens with one attached hydrogen (secondary N) is 1. The van der Waals surface area contributed by atoms with E-state index in [2.05, 4.69) is 5.32 Å². The number of hydrogen-bond acceptors (Lipinski definition) is 3. The average Bonchev–Trinajstić information content (AvgIpc) is 2.81. The zero-order chi connectivity index (χ0) is 18.2. The first kappa shape index (κ1) is 19.3. The zero-order valence-corrected chi connectivity index (χ0v) is 15.6. The van der Waals surface area contributed by atoms with Crippen LogP contribution in [0.1, 0.15) is 59.3 Å². The first-order valence-electron chi connectivity index (χ1n) is 9.30. The van der Waals surface area contributed by atoms with Gasteiger partial charge in [0, 0.05) is 18.7 Å². The largest absolute Gasteiger partial charge is 0.491 e. The molecule has 138 valence electrons. The van der Waals surface area contributed by atoms with Crippen molar-refractivity contribution in [3.8, 4) is 5.75 Å². The van der Waals surface area contributed by atoms with E-state index in [9.17, 15) is 9.59 Å². The number of anilines is 1. The summed E-state index contributed by atoms with van der Waals surface area (Å²) in [6.45, 7) is 5.47. The number of ether oxygens (including phenoxy) is 1. The van der Waals surface area contributed by atoms with E-state index in [0.29, 0.717) is 5.69 Å². The van der Waals surface area contributed by atoms with E-state index in [4.69, 9.17) is 4.74 Å². The van der Waals surface area contributed by atoms with Gasteiger partial charge in [-0.25, -0.2) is 0 Å². The van der Waals surface area contributed by atoms with E-state index >= 15 is 0 Å². The molecule has 0 spiro atoms. The Balaban J connectivity index is 1.97. The van der Waals surface area contributed by atoms with Crippen molar-refractivity contribution in [2.75, 3.05) is 11.4 Å². The van der Waals surface area contributed by atoms with Crippen LogP contribution < -0.4 is 15.0 Å². The van der Waals surface area contributed by atoms with E-state index in [0.717, 1.165) is 18.6 Å². The Kier molecular flexibility index (Phi) is 7.29. The van der Waals surface area contributed by atoms with Gasteiger partial charge in [0.15, 0.2) is 0 Å². The van der Waals surface area contributed by atoms with E-state index in [1.165, 1.54) is 37.5 Å². The zero-order valence-electron chi connectivity index (χ0n) is 15.6. The van der Waals surface area contributed by atoms with Gasteiger partial charge in [0.05, 0.1) is 6.10 Å². The SMILES string of the molecule is CC(=O)N(CC(=O)NC1CCCCCC1)c1ccc(OC(C)C)cc1. The summed E-state index contributed by atoms with van der Waals surface area (Å²) in [6.07, 6.45) is 6.99. The van der Waals surface area contributed by atoms with Crippen LogP contribution in [0.25, 0.3) is 0 Å². The summed E-state index contributed by atoms with van der Waals surface area (Å²) in [6, 6.07) is 7.53. The molecule has 1 aliphatic rings. The van der Waals surface area contributed by atoms with Crippen molar-refractivity contribution in [2.45, 2.75) is 71.4 Å². The first-order valence-corrected chi connectivity index (χ1v) is 9.30.